The Morgan fingerprint density at radius 1 is 1.17 bits per heavy atom. The number of nitrogens with zero attached hydrogens (tertiary/aromatic N) is 5. The van der Waals surface area contributed by atoms with Gasteiger partial charge in [0.15, 0.2) is 0 Å². The lowest BCUT2D eigenvalue weighted by molar-refractivity contribution is -0.137. The lowest BCUT2D eigenvalue weighted by atomic mass is 10.0. The molecule has 6 rings (SSSR count). The van der Waals surface area contributed by atoms with Gasteiger partial charge < -0.3 is 30.0 Å². The first-order valence-corrected chi connectivity index (χ1v) is 14.3. The number of alkyl halides is 3. The number of aryl methyl sites for hydroxylation is 1. The third-order valence-corrected chi connectivity index (χ3v) is 8.54. The van der Waals surface area contributed by atoms with E-state index in [1.165, 1.54) is 12.4 Å². The summed E-state index contributed by atoms with van der Waals surface area (Å²) >= 11 is 5.82. The Morgan fingerprint density at radius 2 is 1.98 bits per heavy atom. The molecule has 1 aromatic carbocycles. The number of unbranched alkanes of at least 4 members (excludes halogenated alkanes) is 1. The predicted molar refractivity (Wildman–Crippen MR) is 150 cm³/mol. The Bertz CT molecular complexity index is 1540. The molecule has 41 heavy (non-hydrogen) atoms. The highest BCUT2D eigenvalue weighted by Gasteiger charge is 2.43. The number of benzene rings is 1. The minimum Gasteiger partial charge on any atom is -0.390 e. The molecule has 2 saturated carbocycles. The average Bonchev–Trinajstić information content (AvgIpc) is 3.38. The zero-order valence-corrected chi connectivity index (χ0v) is 23.3. The van der Waals surface area contributed by atoms with Crippen LogP contribution in [-0.4, -0.2) is 78.0 Å². The highest BCUT2D eigenvalue weighted by molar-refractivity contribution is 6.32. The van der Waals surface area contributed by atoms with Gasteiger partial charge >= 0.3 is 6.18 Å². The standard InChI is InChI=1S/C28H33ClF3N7O2/c1-38(8-3-2-4-23-36-20-11-18(28(30,31)32)19(29)12-21(20)37-23)13-15-10-22(25(41)24(15)40)39-9-7-17-26(35-16-5-6-16)33-14-34-27(17)39/h7,9,11-12,14-16,22,24-25,40-41H,2-6,8,10,13H2,1H3,(H,36,37)(H,33,34,35)/t15-,22-,24-,25+/m1/s1. The lowest BCUT2D eigenvalue weighted by Gasteiger charge is -2.23. The summed E-state index contributed by atoms with van der Waals surface area (Å²) in [6.07, 6.45) is 2.27. The molecule has 0 radical (unpaired) electrons. The van der Waals surface area contributed by atoms with E-state index in [1.54, 1.807) is 0 Å². The van der Waals surface area contributed by atoms with E-state index >= 15 is 0 Å². The molecule has 0 spiro atoms. The molecule has 0 unspecified atom stereocenters. The van der Waals surface area contributed by atoms with Gasteiger partial charge in [-0.2, -0.15) is 13.2 Å². The van der Waals surface area contributed by atoms with Gasteiger partial charge in [-0.25, -0.2) is 15.0 Å². The number of fused-ring (bicyclic) bond motifs is 2. The van der Waals surface area contributed by atoms with Crippen LogP contribution in [0.2, 0.25) is 5.02 Å². The summed E-state index contributed by atoms with van der Waals surface area (Å²) in [7, 11) is 1.99. The number of rotatable bonds is 10. The van der Waals surface area contributed by atoms with Crippen molar-refractivity contribution in [2.75, 3.05) is 25.5 Å². The van der Waals surface area contributed by atoms with Crippen LogP contribution < -0.4 is 5.32 Å². The van der Waals surface area contributed by atoms with Crippen molar-refractivity contribution >= 4 is 39.5 Å². The van der Waals surface area contributed by atoms with Gasteiger partial charge in [0.2, 0.25) is 0 Å². The largest absolute Gasteiger partial charge is 0.417 e. The number of nitrogens with one attached hydrogen (secondary N) is 2. The summed E-state index contributed by atoms with van der Waals surface area (Å²) in [5.41, 5.74) is 0.586. The van der Waals surface area contributed by atoms with Gasteiger partial charge in [-0.15, -0.1) is 0 Å². The first-order chi connectivity index (χ1) is 19.6. The van der Waals surface area contributed by atoms with E-state index in [2.05, 4.69) is 30.2 Å². The van der Waals surface area contributed by atoms with E-state index in [9.17, 15) is 23.4 Å². The Hall–Kier alpha value is -2.93. The second kappa shape index (κ2) is 11.0. The van der Waals surface area contributed by atoms with E-state index in [1.807, 2.05) is 23.9 Å². The molecular weight excluding hydrogens is 559 g/mol. The number of halogens is 4. The molecule has 3 aromatic heterocycles. The number of H-pyrrole nitrogens is 1. The molecule has 3 heterocycles. The number of imidazole rings is 1. The van der Waals surface area contributed by atoms with Crippen molar-refractivity contribution in [3.8, 4) is 0 Å². The van der Waals surface area contributed by atoms with Crippen LogP contribution >= 0.6 is 11.6 Å². The summed E-state index contributed by atoms with van der Waals surface area (Å²) in [5, 5.41) is 25.8. The van der Waals surface area contributed by atoms with Gasteiger partial charge in [0, 0.05) is 31.1 Å². The second-order valence-electron chi connectivity index (χ2n) is 11.4. The number of aliphatic hydroxyl groups is 2. The number of hydrogen-bond acceptors (Lipinski definition) is 7. The Labute approximate surface area is 239 Å². The van der Waals surface area contributed by atoms with Crippen LogP contribution in [0.1, 0.15) is 49.5 Å². The zero-order valence-electron chi connectivity index (χ0n) is 22.6. The maximum Gasteiger partial charge on any atom is 0.417 e. The van der Waals surface area contributed by atoms with Crippen molar-refractivity contribution < 1.29 is 23.4 Å². The van der Waals surface area contributed by atoms with Gasteiger partial charge in [0.25, 0.3) is 0 Å². The van der Waals surface area contributed by atoms with E-state index in [0.29, 0.717) is 36.8 Å². The van der Waals surface area contributed by atoms with E-state index in [0.717, 1.165) is 55.1 Å². The lowest BCUT2D eigenvalue weighted by Crippen LogP contribution is -2.35. The minimum atomic E-state index is -4.53. The Balaban J connectivity index is 1.02. The quantitative estimate of drug-likeness (QED) is 0.196. The second-order valence-corrected chi connectivity index (χ2v) is 11.8. The van der Waals surface area contributed by atoms with Crippen LogP contribution in [0.15, 0.2) is 30.7 Å². The summed E-state index contributed by atoms with van der Waals surface area (Å²) < 4.78 is 41.4. The molecule has 13 heteroatoms. The van der Waals surface area contributed by atoms with Gasteiger partial charge in [0.05, 0.1) is 39.2 Å². The van der Waals surface area contributed by atoms with Crippen LogP contribution in [0.4, 0.5) is 19.0 Å². The van der Waals surface area contributed by atoms with Gasteiger partial charge in [-0.1, -0.05) is 11.6 Å². The normalized spacial score (nSPS) is 23.3. The van der Waals surface area contributed by atoms with Gasteiger partial charge in [-0.05, 0) is 63.9 Å². The van der Waals surface area contributed by atoms with E-state index < -0.39 is 23.9 Å². The molecule has 0 bridgehead atoms. The number of aromatic nitrogens is 5. The molecule has 4 N–H and O–H groups in total. The van der Waals surface area contributed by atoms with Crippen LogP contribution in [-0.2, 0) is 12.6 Å². The topological polar surface area (TPSA) is 115 Å². The molecule has 9 nitrogen and oxygen atoms in total. The van der Waals surface area contributed by atoms with Crippen LogP contribution in [0.25, 0.3) is 22.1 Å². The van der Waals surface area contributed by atoms with Crippen molar-refractivity contribution in [3.05, 3.63) is 47.1 Å². The van der Waals surface area contributed by atoms with Crippen molar-refractivity contribution in [3.63, 3.8) is 0 Å². The molecule has 0 saturated heterocycles. The molecule has 2 aliphatic rings. The van der Waals surface area contributed by atoms with Crippen molar-refractivity contribution in [1.82, 2.24) is 29.4 Å². The summed E-state index contributed by atoms with van der Waals surface area (Å²) in [4.78, 5) is 18.4. The van der Waals surface area contributed by atoms with Crippen molar-refractivity contribution in [1.29, 1.82) is 0 Å². The number of hydrogen-bond donors (Lipinski definition) is 4. The van der Waals surface area contributed by atoms with Gasteiger partial charge in [-0.3, -0.25) is 0 Å². The highest BCUT2D eigenvalue weighted by Crippen LogP contribution is 2.39. The van der Waals surface area contributed by atoms with Crippen LogP contribution in [0, 0.1) is 5.92 Å². The maximum absolute atomic E-state index is 13.1. The molecule has 0 aliphatic heterocycles. The molecule has 4 aromatic rings. The SMILES string of the molecule is CN(CCCCc1nc2cc(C(F)(F)F)c(Cl)cc2[nH]1)C[C@H]1C[C@@H](n2ccc3c(NC4CC4)ncnc32)[C@H](O)[C@@H]1O. The number of aromatic amines is 1. The summed E-state index contributed by atoms with van der Waals surface area (Å²) in [5.74, 6) is 1.32. The molecule has 0 amide bonds. The molecule has 220 valence electrons. The zero-order chi connectivity index (χ0) is 28.9. The monoisotopic (exact) mass is 591 g/mol. The fourth-order valence-corrected chi connectivity index (χ4v) is 6.19. The third kappa shape index (κ3) is 5.88. The van der Waals surface area contributed by atoms with Gasteiger partial charge in [0.1, 0.15) is 29.7 Å². The highest BCUT2D eigenvalue weighted by atomic mass is 35.5. The molecule has 2 aliphatic carbocycles. The van der Waals surface area contributed by atoms with E-state index in [4.69, 9.17) is 11.6 Å². The maximum atomic E-state index is 13.1. The van der Waals surface area contributed by atoms with E-state index in [-0.39, 0.29) is 22.5 Å². The summed E-state index contributed by atoms with van der Waals surface area (Å²) in [6, 6.07) is 4.38. The predicted octanol–water partition coefficient (Wildman–Crippen LogP) is 4.79. The number of aliphatic hydroxyl groups excluding tert-OH is 2. The Morgan fingerprint density at radius 3 is 2.73 bits per heavy atom. The van der Waals surface area contributed by atoms with Crippen LogP contribution in [0.5, 0.6) is 0 Å². The fraction of sp³-hybridized carbons (Fsp3) is 0.536. The fourth-order valence-electron chi connectivity index (χ4n) is 5.92. The number of anilines is 1. The average molecular weight is 592 g/mol. The first-order valence-electron chi connectivity index (χ1n) is 14.0. The third-order valence-electron chi connectivity index (χ3n) is 8.23. The van der Waals surface area contributed by atoms with Crippen molar-refractivity contribution in [2.24, 2.45) is 5.92 Å². The smallest absolute Gasteiger partial charge is 0.390 e. The van der Waals surface area contributed by atoms with Crippen molar-refractivity contribution in [2.45, 2.75) is 69.0 Å². The minimum absolute atomic E-state index is 0.105. The summed E-state index contributed by atoms with van der Waals surface area (Å²) in [6.45, 7) is 1.39. The Kier molecular flexibility index (Phi) is 7.60. The molecule has 2 fully saturated rings. The molecular formula is C28H33ClF3N7O2. The van der Waals surface area contributed by atoms with Crippen LogP contribution in [0.3, 0.4) is 0 Å². The first kappa shape index (κ1) is 28.2. The molecule has 4 atom stereocenters.